The lowest BCUT2D eigenvalue weighted by atomic mass is 10.1. The number of aromatic hydroxyl groups is 1. The summed E-state index contributed by atoms with van der Waals surface area (Å²) in [5.74, 6) is -1.18. The number of rotatable bonds is 4. The molecule has 0 saturated carbocycles. The molecule has 26 heavy (non-hydrogen) atoms. The number of ether oxygens (including phenoxy) is 1. The van der Waals surface area contributed by atoms with E-state index in [1.54, 1.807) is 6.92 Å². The van der Waals surface area contributed by atoms with Crippen molar-refractivity contribution in [3.63, 3.8) is 0 Å². The van der Waals surface area contributed by atoms with Gasteiger partial charge in [-0.15, -0.1) is 0 Å². The van der Waals surface area contributed by atoms with Crippen molar-refractivity contribution >= 4 is 39.3 Å². The number of halogens is 1. The van der Waals surface area contributed by atoms with Gasteiger partial charge in [-0.05, 0) is 52.7 Å². The molecule has 0 atom stereocenters. The van der Waals surface area contributed by atoms with Crippen LogP contribution >= 0.6 is 15.9 Å². The Morgan fingerprint density at radius 2 is 2.00 bits per heavy atom. The van der Waals surface area contributed by atoms with E-state index < -0.39 is 22.2 Å². The molecule has 132 valence electrons. The molecule has 0 radical (unpaired) electrons. The minimum absolute atomic E-state index is 0.0123. The normalized spacial score (nSPS) is 14.6. The van der Waals surface area contributed by atoms with Crippen molar-refractivity contribution < 1.29 is 24.4 Å². The summed E-state index contributed by atoms with van der Waals surface area (Å²) >= 11 is 3.19. The second kappa shape index (κ2) is 6.72. The first-order valence-electron chi connectivity index (χ1n) is 7.59. The van der Waals surface area contributed by atoms with Crippen LogP contribution in [0.15, 0.2) is 40.4 Å². The predicted octanol–water partition coefficient (Wildman–Crippen LogP) is 3.92. The fourth-order valence-corrected chi connectivity index (χ4v) is 3.20. The maximum atomic E-state index is 12.6. The van der Waals surface area contributed by atoms with E-state index in [9.17, 15) is 24.8 Å². The Morgan fingerprint density at radius 3 is 2.65 bits per heavy atom. The molecular formula is C18H12BrNO6. The number of phenols is 1. The third-order valence-electron chi connectivity index (χ3n) is 3.86. The van der Waals surface area contributed by atoms with Crippen LogP contribution in [0, 0.1) is 10.1 Å². The summed E-state index contributed by atoms with van der Waals surface area (Å²) in [6.07, 6.45) is 1.33. The average molecular weight is 418 g/mol. The molecule has 1 N–H and O–H groups in total. The summed E-state index contributed by atoms with van der Waals surface area (Å²) in [7, 11) is 0. The summed E-state index contributed by atoms with van der Waals surface area (Å²) in [6.45, 7) is 2.06. The first-order valence-corrected chi connectivity index (χ1v) is 8.38. The number of nitro groups is 1. The number of benzene rings is 2. The van der Waals surface area contributed by atoms with Crippen molar-refractivity contribution in [1.82, 2.24) is 0 Å². The predicted molar refractivity (Wildman–Crippen MR) is 96.7 cm³/mol. The maximum absolute atomic E-state index is 12.6. The standard InChI is InChI=1S/C18H12BrNO6/c1-2-26-14-8-9(7-12(19)18(14)23)6-11-16(21)10-4-3-5-13(20(24)25)15(10)17(11)22/h3-8,23H,2H2,1H3/b11-6-. The van der Waals surface area contributed by atoms with Gasteiger partial charge >= 0.3 is 0 Å². The number of nitrogens with zero attached hydrogens (tertiary/aromatic N) is 1. The van der Waals surface area contributed by atoms with Crippen molar-refractivity contribution in [2.24, 2.45) is 0 Å². The first-order chi connectivity index (χ1) is 12.3. The van der Waals surface area contributed by atoms with Gasteiger partial charge in [0.1, 0.15) is 5.56 Å². The molecule has 0 aromatic heterocycles. The van der Waals surface area contributed by atoms with Gasteiger partial charge in [0, 0.05) is 11.6 Å². The lowest BCUT2D eigenvalue weighted by Gasteiger charge is -2.08. The van der Waals surface area contributed by atoms with E-state index in [0.717, 1.165) is 0 Å². The number of fused-ring (bicyclic) bond motifs is 1. The third-order valence-corrected chi connectivity index (χ3v) is 4.47. The van der Waals surface area contributed by atoms with Crippen LogP contribution in [0.2, 0.25) is 0 Å². The zero-order valence-corrected chi connectivity index (χ0v) is 15.1. The fraction of sp³-hybridized carbons (Fsp3) is 0.111. The Bertz CT molecular complexity index is 995. The molecule has 7 nitrogen and oxygen atoms in total. The van der Waals surface area contributed by atoms with Crippen molar-refractivity contribution in [3.05, 3.63) is 67.2 Å². The molecule has 3 rings (SSSR count). The largest absolute Gasteiger partial charge is 0.503 e. The Kier molecular flexibility index (Phi) is 4.60. The molecule has 1 aliphatic carbocycles. The topological polar surface area (TPSA) is 107 Å². The summed E-state index contributed by atoms with van der Waals surface area (Å²) < 4.78 is 5.65. The van der Waals surface area contributed by atoms with E-state index in [4.69, 9.17) is 4.74 Å². The van der Waals surface area contributed by atoms with Crippen LogP contribution in [0.5, 0.6) is 11.5 Å². The summed E-state index contributed by atoms with van der Waals surface area (Å²) in [5.41, 5.74) is -0.319. The minimum Gasteiger partial charge on any atom is -0.503 e. The van der Waals surface area contributed by atoms with E-state index in [-0.39, 0.29) is 28.2 Å². The van der Waals surface area contributed by atoms with Gasteiger partial charge in [-0.2, -0.15) is 0 Å². The molecular weight excluding hydrogens is 406 g/mol. The molecule has 0 fully saturated rings. The molecule has 0 bridgehead atoms. The number of ketones is 2. The minimum atomic E-state index is -0.695. The second-order valence-electron chi connectivity index (χ2n) is 5.46. The number of allylic oxidation sites excluding steroid dienone is 1. The van der Waals surface area contributed by atoms with Crippen LogP contribution < -0.4 is 4.74 Å². The second-order valence-corrected chi connectivity index (χ2v) is 6.31. The number of carbonyl (C=O) groups excluding carboxylic acids is 2. The highest BCUT2D eigenvalue weighted by molar-refractivity contribution is 9.10. The molecule has 0 aliphatic heterocycles. The number of Topliss-reactive ketones (excluding diaryl/α,β-unsaturated/α-hetero) is 2. The zero-order chi connectivity index (χ0) is 19.0. The zero-order valence-electron chi connectivity index (χ0n) is 13.5. The van der Waals surface area contributed by atoms with Gasteiger partial charge in [-0.1, -0.05) is 6.07 Å². The third kappa shape index (κ3) is 2.88. The fourth-order valence-electron chi connectivity index (χ4n) is 2.74. The monoisotopic (exact) mass is 417 g/mol. The van der Waals surface area contributed by atoms with E-state index in [1.807, 2.05) is 0 Å². The Morgan fingerprint density at radius 1 is 1.27 bits per heavy atom. The number of hydrogen-bond acceptors (Lipinski definition) is 6. The van der Waals surface area contributed by atoms with E-state index in [2.05, 4.69) is 15.9 Å². The summed E-state index contributed by atoms with van der Waals surface area (Å²) in [5, 5.41) is 21.1. The van der Waals surface area contributed by atoms with Crippen molar-refractivity contribution in [1.29, 1.82) is 0 Å². The summed E-state index contributed by atoms with van der Waals surface area (Å²) in [6, 6.07) is 6.95. The Hall–Kier alpha value is -3.00. The van der Waals surface area contributed by atoms with Crippen molar-refractivity contribution in [2.45, 2.75) is 6.92 Å². The SMILES string of the molecule is CCOc1cc(/C=C2/C(=O)c3cccc([N+](=O)[O-])c3C2=O)cc(Br)c1O. The molecule has 2 aromatic carbocycles. The first kappa shape index (κ1) is 17.8. The smallest absolute Gasteiger partial charge is 0.281 e. The van der Waals surface area contributed by atoms with Crippen LogP contribution in [0.3, 0.4) is 0 Å². The van der Waals surface area contributed by atoms with Gasteiger partial charge in [0.2, 0.25) is 5.78 Å². The van der Waals surface area contributed by atoms with Crippen molar-refractivity contribution in [2.75, 3.05) is 6.61 Å². The molecule has 0 amide bonds. The highest BCUT2D eigenvalue weighted by Crippen LogP contribution is 2.38. The molecule has 1 aliphatic rings. The molecule has 0 heterocycles. The molecule has 0 unspecified atom stereocenters. The van der Waals surface area contributed by atoms with Gasteiger partial charge in [0.15, 0.2) is 17.3 Å². The number of phenolic OH excluding ortho intramolecular Hbond substituents is 1. The molecule has 0 spiro atoms. The highest BCUT2D eigenvalue weighted by atomic mass is 79.9. The maximum Gasteiger partial charge on any atom is 0.281 e. The lowest BCUT2D eigenvalue weighted by Crippen LogP contribution is -2.02. The number of nitro benzene ring substituents is 1. The van der Waals surface area contributed by atoms with Crippen LogP contribution in [0.25, 0.3) is 6.08 Å². The number of hydrogen-bond donors (Lipinski definition) is 1. The van der Waals surface area contributed by atoms with Gasteiger partial charge in [0.25, 0.3) is 5.69 Å². The highest BCUT2D eigenvalue weighted by Gasteiger charge is 2.38. The Labute approximate surface area is 156 Å². The lowest BCUT2D eigenvalue weighted by molar-refractivity contribution is -0.385. The quantitative estimate of drug-likeness (QED) is 0.349. The summed E-state index contributed by atoms with van der Waals surface area (Å²) in [4.78, 5) is 35.6. The van der Waals surface area contributed by atoms with Gasteiger partial charge < -0.3 is 9.84 Å². The molecule has 0 saturated heterocycles. The molecule has 2 aromatic rings. The van der Waals surface area contributed by atoms with Gasteiger partial charge in [-0.25, -0.2) is 0 Å². The van der Waals surface area contributed by atoms with E-state index in [0.29, 0.717) is 16.6 Å². The average Bonchev–Trinajstić information content (AvgIpc) is 2.84. The van der Waals surface area contributed by atoms with Gasteiger partial charge in [-0.3, -0.25) is 19.7 Å². The van der Waals surface area contributed by atoms with Crippen LogP contribution in [-0.4, -0.2) is 28.2 Å². The van der Waals surface area contributed by atoms with Crippen molar-refractivity contribution in [3.8, 4) is 11.5 Å². The Balaban J connectivity index is 2.12. The van der Waals surface area contributed by atoms with Crippen LogP contribution in [-0.2, 0) is 0 Å². The van der Waals surface area contributed by atoms with Gasteiger partial charge in [0.05, 0.1) is 21.6 Å². The number of carbonyl (C=O) groups is 2. The molecule has 8 heteroatoms. The van der Waals surface area contributed by atoms with E-state index in [1.165, 1.54) is 36.4 Å². The van der Waals surface area contributed by atoms with E-state index >= 15 is 0 Å². The van der Waals surface area contributed by atoms with Crippen LogP contribution in [0.4, 0.5) is 5.69 Å². The van der Waals surface area contributed by atoms with Crippen LogP contribution in [0.1, 0.15) is 33.2 Å².